The van der Waals surface area contributed by atoms with E-state index in [1.807, 2.05) is 0 Å². The van der Waals surface area contributed by atoms with Crippen LogP contribution in [0.3, 0.4) is 0 Å². The van der Waals surface area contributed by atoms with Gasteiger partial charge in [0, 0.05) is 50.8 Å². The average Bonchev–Trinajstić information content (AvgIpc) is 2.72. The minimum atomic E-state index is -3.75. The van der Waals surface area contributed by atoms with Crippen LogP contribution in [0.25, 0.3) is 11.0 Å². The molecule has 13 heteroatoms. The molecule has 2 heterocycles. The Morgan fingerprint density at radius 2 is 1.97 bits per heavy atom. The number of pyridine rings is 1. The first-order chi connectivity index (χ1) is 15.0. The summed E-state index contributed by atoms with van der Waals surface area (Å²) in [5.74, 6) is -1.08. The number of carbonyl (C=O) groups excluding carboxylic acids is 1. The van der Waals surface area contributed by atoms with Crippen LogP contribution in [0.1, 0.15) is 16.7 Å². The molecule has 2 aromatic heterocycles. The predicted molar refractivity (Wildman–Crippen MR) is 123 cm³/mol. The molecular weight excluding hydrogens is 466 g/mol. The molecule has 1 amide bonds. The molecule has 172 valence electrons. The van der Waals surface area contributed by atoms with Gasteiger partial charge >= 0.3 is 41.3 Å². The number of benzene rings is 1. The molecule has 0 aliphatic carbocycles. The number of amides is 1. The zero-order valence-electron chi connectivity index (χ0n) is 17.7. The Hall–Kier alpha value is -2.51. The van der Waals surface area contributed by atoms with Crippen molar-refractivity contribution in [2.45, 2.75) is 13.3 Å². The van der Waals surface area contributed by atoms with Gasteiger partial charge < -0.3 is 14.1 Å². The molecule has 0 bridgehead atoms. The molecule has 3 aromatic rings. The van der Waals surface area contributed by atoms with Crippen LogP contribution in [0.4, 0.5) is 15.0 Å². The van der Waals surface area contributed by atoms with Crippen molar-refractivity contribution in [1.29, 1.82) is 0 Å². The fourth-order valence-corrected chi connectivity index (χ4v) is 3.38. The van der Waals surface area contributed by atoms with Gasteiger partial charge in [0.05, 0.1) is 0 Å². The molecule has 0 aliphatic heterocycles. The van der Waals surface area contributed by atoms with Gasteiger partial charge in [0.2, 0.25) is 0 Å². The quantitative estimate of drug-likeness (QED) is 0.397. The van der Waals surface area contributed by atoms with Gasteiger partial charge in [-0.15, -0.1) is 0 Å². The van der Waals surface area contributed by atoms with Gasteiger partial charge in [-0.2, -0.15) is 8.42 Å². The average molecular weight is 488 g/mol. The number of aromatic nitrogens is 1. The molecule has 0 radical (unpaired) electrons. The predicted octanol–water partition coefficient (Wildman–Crippen LogP) is 1.51. The van der Waals surface area contributed by atoms with E-state index >= 15 is 0 Å². The van der Waals surface area contributed by atoms with E-state index in [2.05, 4.69) is 14.4 Å². The van der Waals surface area contributed by atoms with Gasteiger partial charge in [0.1, 0.15) is 11.4 Å². The molecule has 2 N–H and O–H groups in total. The number of ether oxygens (including phenoxy) is 1. The number of nitrogens with one attached hydrogen (secondary N) is 2. The number of aryl methyl sites for hydroxylation is 1. The summed E-state index contributed by atoms with van der Waals surface area (Å²) in [5, 5.41) is 0.340. The molecule has 10 nitrogen and oxygen atoms in total. The summed E-state index contributed by atoms with van der Waals surface area (Å²) in [7, 11) is 0.399. The molecule has 0 saturated heterocycles. The van der Waals surface area contributed by atoms with Crippen LogP contribution in [-0.4, -0.2) is 75.1 Å². The summed E-state index contributed by atoms with van der Waals surface area (Å²) in [4.78, 5) is 29.4. The Balaban J connectivity index is 0.00000385. The van der Waals surface area contributed by atoms with E-state index in [1.54, 1.807) is 13.0 Å². The summed E-state index contributed by atoms with van der Waals surface area (Å²) in [6.45, 7) is 1.64. The topological polar surface area (TPSA) is 131 Å². The zero-order chi connectivity index (χ0) is 23.6. The molecule has 0 atom stereocenters. The van der Waals surface area contributed by atoms with Crippen LogP contribution in [0.5, 0.6) is 5.75 Å². The molecule has 0 spiro atoms. The van der Waals surface area contributed by atoms with E-state index in [9.17, 15) is 22.4 Å². The summed E-state index contributed by atoms with van der Waals surface area (Å²) in [6, 6.07) is 5.38. The molecule has 3 rings (SSSR count). The van der Waals surface area contributed by atoms with Crippen molar-refractivity contribution in [2.24, 2.45) is 0 Å². The van der Waals surface area contributed by atoms with Crippen molar-refractivity contribution in [3.8, 4) is 5.75 Å². The molecule has 0 aliphatic rings. The van der Waals surface area contributed by atoms with Gasteiger partial charge in [-0.3, -0.25) is 4.72 Å². The van der Waals surface area contributed by atoms with Crippen molar-refractivity contribution < 1.29 is 26.8 Å². The van der Waals surface area contributed by atoms with Crippen LogP contribution in [-0.2, 0) is 16.6 Å². The van der Waals surface area contributed by atoms with Gasteiger partial charge in [0.15, 0.2) is 11.6 Å². The Labute approximate surface area is 211 Å². The second-order valence-electron chi connectivity index (χ2n) is 7.07. The fraction of sp³-hybridized carbons (Fsp3) is 0.250. The number of halogens is 1. The first-order valence-electron chi connectivity index (χ1n) is 9.32. The van der Waals surface area contributed by atoms with E-state index in [-0.39, 0.29) is 58.7 Å². The number of hydrogen-bond donors (Lipinski definition) is 2. The maximum absolute atomic E-state index is 14.5. The number of carbonyl (C=O) groups is 1. The molecule has 0 unspecified atom stereocenters. The Morgan fingerprint density at radius 1 is 1.27 bits per heavy atom. The van der Waals surface area contributed by atoms with E-state index in [1.165, 1.54) is 33.4 Å². The van der Waals surface area contributed by atoms with Crippen molar-refractivity contribution in [2.75, 3.05) is 25.9 Å². The van der Waals surface area contributed by atoms with Crippen molar-refractivity contribution >= 4 is 62.6 Å². The van der Waals surface area contributed by atoms with Crippen molar-refractivity contribution in [3.05, 3.63) is 63.4 Å². The monoisotopic (exact) mass is 488 g/mol. The van der Waals surface area contributed by atoms with Gasteiger partial charge in [-0.05, 0) is 36.2 Å². The number of hydrogen-bond acceptors (Lipinski definition) is 7. The van der Waals surface area contributed by atoms with E-state index < -0.39 is 27.7 Å². The first kappa shape index (κ1) is 26.7. The number of rotatable bonds is 6. The van der Waals surface area contributed by atoms with Crippen LogP contribution >= 0.6 is 0 Å². The maximum atomic E-state index is 14.5. The van der Waals surface area contributed by atoms with Gasteiger partial charge in [-0.1, -0.05) is 0 Å². The summed E-state index contributed by atoms with van der Waals surface area (Å²) < 4.78 is 52.5. The van der Waals surface area contributed by atoms with Crippen molar-refractivity contribution in [3.63, 3.8) is 0 Å². The first-order valence-corrected chi connectivity index (χ1v) is 10.8. The molecule has 1 aromatic carbocycles. The minimum absolute atomic E-state index is 0. The van der Waals surface area contributed by atoms with Gasteiger partial charge in [-0.25, -0.2) is 23.7 Å². The number of anilines is 1. The van der Waals surface area contributed by atoms with Crippen LogP contribution < -0.4 is 19.8 Å². The van der Waals surface area contributed by atoms with E-state index in [0.717, 1.165) is 17.0 Å². The SMILES string of the molecule is CNS(=O)(=O)Nc1cc(Cc2c(C)c3cc(F)c(OC(=O)N(C)C)cc3oc2=O)ccn1.[NaH]. The standard InChI is InChI=1S/C20H21FN4O6S.Na.H/c1-11-13-9-15(21)17(31-20(27)25(3)4)10-16(13)30-19(26)14(11)7-12-5-6-23-18(8-12)24-32(28,29)22-2;;/h5-6,8-10,22H,7H2,1-4H3,(H,23,24);;. The Morgan fingerprint density at radius 3 is 2.61 bits per heavy atom. The van der Waals surface area contributed by atoms with Gasteiger partial charge in [0.25, 0.3) is 10.2 Å². The van der Waals surface area contributed by atoms with Crippen molar-refractivity contribution in [1.82, 2.24) is 14.6 Å². The second kappa shape index (κ2) is 10.6. The third kappa shape index (κ3) is 6.30. The summed E-state index contributed by atoms with van der Waals surface area (Å²) in [5.41, 5.74) is 0.746. The van der Waals surface area contributed by atoms with Crippen LogP contribution in [0.15, 0.2) is 39.7 Å². The third-order valence-electron chi connectivity index (χ3n) is 4.62. The van der Waals surface area contributed by atoms with E-state index in [0.29, 0.717) is 16.5 Å². The molecule has 0 saturated carbocycles. The molecular formula is C20H22FN4NaO6S. The number of fused-ring (bicyclic) bond motifs is 1. The fourth-order valence-electron chi connectivity index (χ4n) is 2.89. The number of nitrogens with zero attached hydrogens (tertiary/aromatic N) is 2. The summed E-state index contributed by atoms with van der Waals surface area (Å²) >= 11 is 0. The molecule has 0 fully saturated rings. The second-order valence-corrected chi connectivity index (χ2v) is 8.69. The Kier molecular flexibility index (Phi) is 8.60. The summed E-state index contributed by atoms with van der Waals surface area (Å²) in [6.07, 6.45) is 0.715. The third-order valence-corrected chi connectivity index (χ3v) is 5.63. The Bertz CT molecular complexity index is 1360. The van der Waals surface area contributed by atoms with E-state index in [4.69, 9.17) is 9.15 Å². The molecule has 33 heavy (non-hydrogen) atoms. The zero-order valence-corrected chi connectivity index (χ0v) is 18.5. The normalized spacial score (nSPS) is 11.1. The van der Waals surface area contributed by atoms with Crippen LogP contribution in [0, 0.1) is 12.7 Å². The van der Waals surface area contributed by atoms with Crippen LogP contribution in [0.2, 0.25) is 0 Å².